The predicted molar refractivity (Wildman–Crippen MR) is 85.9 cm³/mol. The third-order valence-electron chi connectivity index (χ3n) is 3.79. The van der Waals surface area contributed by atoms with Gasteiger partial charge in [0.25, 0.3) is 0 Å². The summed E-state index contributed by atoms with van der Waals surface area (Å²) < 4.78 is 43.1. The predicted octanol–water partition coefficient (Wildman–Crippen LogP) is 5.50. The molecule has 2 rings (SSSR count). The van der Waals surface area contributed by atoms with Gasteiger partial charge in [-0.05, 0) is 61.7 Å². The molecule has 0 aliphatic heterocycles. The number of alkyl halides is 3. The summed E-state index contributed by atoms with van der Waals surface area (Å²) in [4.78, 5) is 0. The number of ether oxygens (including phenoxy) is 1. The van der Waals surface area contributed by atoms with Crippen LogP contribution in [-0.2, 0) is 6.18 Å². The molecule has 0 aromatic heterocycles. The summed E-state index contributed by atoms with van der Waals surface area (Å²) in [6.07, 6.45) is -4.31. The van der Waals surface area contributed by atoms with Crippen LogP contribution in [0.3, 0.4) is 0 Å². The van der Waals surface area contributed by atoms with Crippen LogP contribution in [0, 0.1) is 13.8 Å². The first kappa shape index (κ1) is 17.2. The fourth-order valence-corrected chi connectivity index (χ4v) is 2.65. The van der Waals surface area contributed by atoms with Crippen molar-refractivity contribution < 1.29 is 17.9 Å². The molecule has 2 aromatic carbocycles. The Morgan fingerprint density at radius 3 is 1.96 bits per heavy atom. The summed E-state index contributed by atoms with van der Waals surface area (Å²) in [6, 6.07) is 9.05. The highest BCUT2D eigenvalue weighted by molar-refractivity contribution is 5.56. The van der Waals surface area contributed by atoms with Crippen LogP contribution in [0.15, 0.2) is 36.4 Å². The number of aryl methyl sites for hydroxylation is 2. The maximum Gasteiger partial charge on any atom is 0.416 e. The largest absolute Gasteiger partial charge is 0.496 e. The number of hydrogen-bond acceptors (Lipinski definition) is 2. The van der Waals surface area contributed by atoms with E-state index >= 15 is 0 Å². The van der Waals surface area contributed by atoms with E-state index in [0.29, 0.717) is 0 Å². The van der Waals surface area contributed by atoms with Crippen LogP contribution in [0.5, 0.6) is 5.75 Å². The minimum atomic E-state index is -4.31. The molecule has 0 saturated carbocycles. The quantitative estimate of drug-likeness (QED) is 0.801. The van der Waals surface area contributed by atoms with Gasteiger partial charge in [0.1, 0.15) is 5.75 Å². The third-order valence-corrected chi connectivity index (χ3v) is 3.79. The molecule has 0 amide bonds. The van der Waals surface area contributed by atoms with Crippen molar-refractivity contribution in [2.45, 2.75) is 33.0 Å². The van der Waals surface area contributed by atoms with E-state index in [4.69, 9.17) is 4.74 Å². The van der Waals surface area contributed by atoms with Crippen LogP contribution in [0.4, 0.5) is 18.9 Å². The Kier molecular flexibility index (Phi) is 4.88. The van der Waals surface area contributed by atoms with Crippen molar-refractivity contribution in [3.63, 3.8) is 0 Å². The Labute approximate surface area is 134 Å². The summed E-state index contributed by atoms with van der Waals surface area (Å²) >= 11 is 0. The molecule has 1 N–H and O–H groups in total. The SMILES string of the molecule is COc1c(C)cc(N[C@H](C)c2ccc(C(F)(F)F)cc2)cc1C. The lowest BCUT2D eigenvalue weighted by molar-refractivity contribution is -0.137. The van der Waals surface area contributed by atoms with E-state index in [1.807, 2.05) is 32.9 Å². The van der Waals surface area contributed by atoms with E-state index in [2.05, 4.69) is 5.32 Å². The van der Waals surface area contributed by atoms with Crippen molar-refractivity contribution in [2.75, 3.05) is 12.4 Å². The van der Waals surface area contributed by atoms with Gasteiger partial charge in [-0.2, -0.15) is 13.2 Å². The normalized spacial score (nSPS) is 12.8. The summed E-state index contributed by atoms with van der Waals surface area (Å²) in [5, 5.41) is 3.31. The van der Waals surface area contributed by atoms with Gasteiger partial charge in [-0.15, -0.1) is 0 Å². The van der Waals surface area contributed by atoms with Gasteiger partial charge in [-0.1, -0.05) is 12.1 Å². The van der Waals surface area contributed by atoms with Crippen LogP contribution < -0.4 is 10.1 Å². The van der Waals surface area contributed by atoms with Crippen LogP contribution in [0.1, 0.15) is 35.2 Å². The Bertz CT molecular complexity index is 655. The van der Waals surface area contributed by atoms with Crippen molar-refractivity contribution in [3.05, 3.63) is 58.7 Å². The van der Waals surface area contributed by atoms with Crippen LogP contribution in [-0.4, -0.2) is 7.11 Å². The standard InChI is InChI=1S/C18H20F3NO/c1-11-9-16(10-12(2)17(11)23-4)22-13(3)14-5-7-15(8-6-14)18(19,20)21/h5-10,13,22H,1-4H3/t13-/m1/s1. The van der Waals surface area contributed by atoms with Gasteiger partial charge in [0.05, 0.1) is 12.7 Å². The summed E-state index contributed by atoms with van der Waals surface area (Å²) in [7, 11) is 1.63. The molecular weight excluding hydrogens is 303 g/mol. The van der Waals surface area contributed by atoms with Crippen molar-refractivity contribution in [1.29, 1.82) is 0 Å². The highest BCUT2D eigenvalue weighted by Crippen LogP contribution is 2.31. The van der Waals surface area contributed by atoms with Crippen LogP contribution >= 0.6 is 0 Å². The van der Waals surface area contributed by atoms with Gasteiger partial charge in [-0.3, -0.25) is 0 Å². The van der Waals surface area contributed by atoms with E-state index in [9.17, 15) is 13.2 Å². The molecule has 124 valence electrons. The maximum atomic E-state index is 12.6. The average molecular weight is 323 g/mol. The van der Waals surface area contributed by atoms with Crippen molar-refractivity contribution in [1.82, 2.24) is 0 Å². The molecule has 5 heteroatoms. The summed E-state index contributed by atoms with van der Waals surface area (Å²) in [5.74, 6) is 0.845. The monoisotopic (exact) mass is 323 g/mol. The minimum Gasteiger partial charge on any atom is -0.496 e. The fraction of sp³-hybridized carbons (Fsp3) is 0.333. The number of methoxy groups -OCH3 is 1. The zero-order chi connectivity index (χ0) is 17.2. The molecule has 0 fully saturated rings. The molecule has 0 radical (unpaired) electrons. The lowest BCUT2D eigenvalue weighted by Gasteiger charge is -2.19. The van der Waals surface area contributed by atoms with E-state index in [0.717, 1.165) is 40.3 Å². The van der Waals surface area contributed by atoms with Gasteiger partial charge in [0.2, 0.25) is 0 Å². The number of anilines is 1. The highest BCUT2D eigenvalue weighted by atomic mass is 19.4. The smallest absolute Gasteiger partial charge is 0.416 e. The van der Waals surface area contributed by atoms with Crippen LogP contribution in [0.2, 0.25) is 0 Å². The lowest BCUT2D eigenvalue weighted by Crippen LogP contribution is -2.09. The first-order valence-electron chi connectivity index (χ1n) is 7.31. The topological polar surface area (TPSA) is 21.3 Å². The Morgan fingerprint density at radius 1 is 1.00 bits per heavy atom. The number of benzene rings is 2. The second-order valence-electron chi connectivity index (χ2n) is 5.63. The zero-order valence-corrected chi connectivity index (χ0v) is 13.6. The molecule has 23 heavy (non-hydrogen) atoms. The fourth-order valence-electron chi connectivity index (χ4n) is 2.65. The van der Waals surface area contributed by atoms with Crippen molar-refractivity contribution in [3.8, 4) is 5.75 Å². The second kappa shape index (κ2) is 6.52. The van der Waals surface area contributed by atoms with E-state index in [-0.39, 0.29) is 6.04 Å². The molecular formula is C18H20F3NO. The highest BCUT2D eigenvalue weighted by Gasteiger charge is 2.30. The molecule has 2 aromatic rings. The summed E-state index contributed by atoms with van der Waals surface area (Å²) in [6.45, 7) is 5.83. The molecule has 0 heterocycles. The molecule has 1 atom stereocenters. The molecule has 0 bridgehead atoms. The second-order valence-corrected chi connectivity index (χ2v) is 5.63. The van der Waals surface area contributed by atoms with Gasteiger partial charge in [0.15, 0.2) is 0 Å². The van der Waals surface area contributed by atoms with Gasteiger partial charge in [0, 0.05) is 11.7 Å². The lowest BCUT2D eigenvalue weighted by atomic mass is 10.0. The first-order valence-corrected chi connectivity index (χ1v) is 7.31. The molecule has 2 nitrogen and oxygen atoms in total. The Hall–Kier alpha value is -2.17. The molecule has 0 aliphatic carbocycles. The number of halogens is 3. The number of nitrogens with one attached hydrogen (secondary N) is 1. The average Bonchev–Trinajstić information content (AvgIpc) is 2.46. The van der Waals surface area contributed by atoms with E-state index in [1.54, 1.807) is 7.11 Å². The van der Waals surface area contributed by atoms with Gasteiger partial charge in [-0.25, -0.2) is 0 Å². The molecule has 0 aliphatic rings. The van der Waals surface area contributed by atoms with Crippen molar-refractivity contribution >= 4 is 5.69 Å². The van der Waals surface area contributed by atoms with Crippen LogP contribution in [0.25, 0.3) is 0 Å². The molecule has 0 spiro atoms. The molecule has 0 saturated heterocycles. The van der Waals surface area contributed by atoms with Gasteiger partial charge >= 0.3 is 6.18 Å². The zero-order valence-electron chi connectivity index (χ0n) is 13.6. The number of hydrogen-bond donors (Lipinski definition) is 1. The Morgan fingerprint density at radius 2 is 1.52 bits per heavy atom. The maximum absolute atomic E-state index is 12.6. The summed E-state index contributed by atoms with van der Waals surface area (Å²) in [5.41, 5.74) is 3.09. The Balaban J connectivity index is 2.17. The molecule has 0 unspecified atom stereocenters. The first-order chi connectivity index (χ1) is 10.7. The third kappa shape index (κ3) is 3.97. The van der Waals surface area contributed by atoms with E-state index < -0.39 is 11.7 Å². The van der Waals surface area contributed by atoms with Crippen molar-refractivity contribution in [2.24, 2.45) is 0 Å². The van der Waals surface area contributed by atoms with Gasteiger partial charge < -0.3 is 10.1 Å². The minimum absolute atomic E-state index is 0.107. The number of rotatable bonds is 4. The van der Waals surface area contributed by atoms with E-state index in [1.165, 1.54) is 12.1 Å².